The van der Waals surface area contributed by atoms with Gasteiger partial charge in [0.1, 0.15) is 11.2 Å². The molecule has 162 valence electrons. The van der Waals surface area contributed by atoms with Crippen molar-refractivity contribution in [3.8, 4) is 11.1 Å². The van der Waals surface area contributed by atoms with Crippen molar-refractivity contribution in [1.29, 1.82) is 0 Å². The number of H-pyrrole nitrogens is 3. The quantitative estimate of drug-likeness (QED) is 0.391. The van der Waals surface area contributed by atoms with Crippen molar-refractivity contribution in [1.82, 2.24) is 19.7 Å². The molecule has 0 saturated heterocycles. The molecule has 8 nitrogen and oxygen atoms in total. The van der Waals surface area contributed by atoms with Gasteiger partial charge in [0.2, 0.25) is 0 Å². The molecule has 1 aliphatic rings. The van der Waals surface area contributed by atoms with Gasteiger partial charge >= 0.3 is 0 Å². The molecule has 4 aromatic heterocycles. The molecule has 6 rings (SSSR count). The minimum Gasteiger partial charge on any atom is -0.453 e. The highest BCUT2D eigenvalue weighted by Gasteiger charge is 2.26. The molecular formula is C24H22N4O4. The molecule has 0 unspecified atom stereocenters. The summed E-state index contributed by atoms with van der Waals surface area (Å²) in [5, 5.41) is 4.15. The topological polar surface area (TPSA) is 117 Å². The Morgan fingerprint density at radius 3 is 2.59 bits per heavy atom. The zero-order valence-electron chi connectivity index (χ0n) is 17.6. The summed E-state index contributed by atoms with van der Waals surface area (Å²) in [5.74, 6) is 0. The fourth-order valence-electron chi connectivity index (χ4n) is 5.10. The summed E-state index contributed by atoms with van der Waals surface area (Å²) >= 11 is 0. The first kappa shape index (κ1) is 18.9. The van der Waals surface area contributed by atoms with Crippen LogP contribution in [-0.4, -0.2) is 19.7 Å². The van der Waals surface area contributed by atoms with Crippen molar-refractivity contribution >= 4 is 33.1 Å². The molecule has 5 aromatic rings. The average Bonchev–Trinajstić information content (AvgIpc) is 3.34. The standard InChI is InChI=1S/C24H22N4O4/c1-12-16(29)10-9-15-19-21(32-20(12)15)17(14-8-5-11-25-23(14)30)18-22(26-19)28(27-24(18)31)13-6-3-2-4-7-13/h5,8-11,13,26H,2-4,6-7H2,1H3,(H,25,30)(H,27,31). The molecule has 1 aliphatic carbocycles. The van der Waals surface area contributed by atoms with E-state index in [1.54, 1.807) is 31.3 Å². The van der Waals surface area contributed by atoms with Gasteiger partial charge in [-0.2, -0.15) is 0 Å². The highest BCUT2D eigenvalue weighted by Crippen LogP contribution is 2.39. The molecule has 0 bridgehead atoms. The first-order valence-corrected chi connectivity index (χ1v) is 10.9. The van der Waals surface area contributed by atoms with Crippen LogP contribution >= 0.6 is 0 Å². The van der Waals surface area contributed by atoms with Gasteiger partial charge in [-0.25, -0.2) is 0 Å². The zero-order chi connectivity index (χ0) is 22.0. The highest BCUT2D eigenvalue weighted by molar-refractivity contribution is 6.14. The number of pyridine rings is 2. The SMILES string of the molecule is Cc1c(=O)ccc2c1oc1c(-c3ccc[nH]c3=O)c3c(=O)[nH]n(C4CCCCC4)c3[nH]c12. The minimum atomic E-state index is -0.312. The lowest BCUT2D eigenvalue weighted by atomic mass is 9.95. The lowest BCUT2D eigenvalue weighted by Gasteiger charge is -2.23. The third-order valence-corrected chi connectivity index (χ3v) is 6.73. The van der Waals surface area contributed by atoms with Gasteiger partial charge in [0.05, 0.1) is 22.5 Å². The number of rotatable bonds is 2. The average molecular weight is 430 g/mol. The Hall–Kier alpha value is -3.81. The van der Waals surface area contributed by atoms with Crippen LogP contribution in [0.15, 0.2) is 49.3 Å². The third-order valence-electron chi connectivity index (χ3n) is 6.73. The number of hydrogen-bond acceptors (Lipinski definition) is 4. The second-order valence-corrected chi connectivity index (χ2v) is 8.61. The summed E-state index contributed by atoms with van der Waals surface area (Å²) in [6.07, 6.45) is 6.94. The Labute approximate surface area is 180 Å². The summed E-state index contributed by atoms with van der Waals surface area (Å²) in [7, 11) is 0. The van der Waals surface area contributed by atoms with Crippen LogP contribution in [0.25, 0.3) is 44.2 Å². The van der Waals surface area contributed by atoms with E-state index < -0.39 is 0 Å². The normalized spacial score (nSPS) is 15.3. The molecule has 0 atom stereocenters. The van der Waals surface area contributed by atoms with E-state index in [1.807, 2.05) is 4.68 Å². The molecule has 1 fully saturated rings. The summed E-state index contributed by atoms with van der Waals surface area (Å²) in [4.78, 5) is 44.4. The second-order valence-electron chi connectivity index (χ2n) is 8.61. The fourth-order valence-corrected chi connectivity index (χ4v) is 5.10. The Bertz CT molecular complexity index is 1690. The maximum absolute atomic E-state index is 13.2. The maximum atomic E-state index is 13.2. The van der Waals surface area contributed by atoms with Crippen LogP contribution in [0.5, 0.6) is 0 Å². The van der Waals surface area contributed by atoms with Gasteiger partial charge in [0, 0.05) is 22.7 Å². The molecule has 0 radical (unpaired) electrons. The molecule has 1 aromatic carbocycles. The molecule has 3 N–H and O–H groups in total. The van der Waals surface area contributed by atoms with E-state index in [1.165, 1.54) is 12.5 Å². The van der Waals surface area contributed by atoms with Gasteiger partial charge < -0.3 is 14.4 Å². The predicted octanol–water partition coefficient (Wildman–Crippen LogP) is 4.09. The summed E-state index contributed by atoms with van der Waals surface area (Å²) in [6, 6.07) is 6.83. The molecular weight excluding hydrogens is 408 g/mol. The Morgan fingerprint density at radius 2 is 1.81 bits per heavy atom. The van der Waals surface area contributed by atoms with Crippen molar-refractivity contribution in [2.24, 2.45) is 0 Å². The predicted molar refractivity (Wildman–Crippen MR) is 123 cm³/mol. The number of benzene rings is 1. The van der Waals surface area contributed by atoms with E-state index in [2.05, 4.69) is 15.1 Å². The van der Waals surface area contributed by atoms with Gasteiger partial charge in [0.25, 0.3) is 11.1 Å². The third kappa shape index (κ3) is 2.58. The number of aromatic nitrogens is 4. The number of fused-ring (bicyclic) bond motifs is 4. The number of aromatic amines is 3. The molecule has 0 amide bonds. The molecule has 32 heavy (non-hydrogen) atoms. The van der Waals surface area contributed by atoms with Crippen LogP contribution in [-0.2, 0) is 0 Å². The maximum Gasteiger partial charge on any atom is 0.274 e. The van der Waals surface area contributed by atoms with Gasteiger partial charge in [-0.1, -0.05) is 19.3 Å². The van der Waals surface area contributed by atoms with Crippen molar-refractivity contribution in [3.05, 3.63) is 67.0 Å². The Morgan fingerprint density at radius 1 is 1.00 bits per heavy atom. The first-order valence-electron chi connectivity index (χ1n) is 10.9. The van der Waals surface area contributed by atoms with Crippen LogP contribution < -0.4 is 16.5 Å². The van der Waals surface area contributed by atoms with Crippen molar-refractivity contribution in [2.75, 3.05) is 0 Å². The van der Waals surface area contributed by atoms with Gasteiger partial charge in [-0.15, -0.1) is 0 Å². The smallest absolute Gasteiger partial charge is 0.274 e. The van der Waals surface area contributed by atoms with Gasteiger partial charge in [-0.05, 0) is 44.0 Å². The van der Waals surface area contributed by atoms with E-state index in [4.69, 9.17) is 4.42 Å². The molecule has 0 spiro atoms. The number of furan rings is 1. The van der Waals surface area contributed by atoms with Crippen molar-refractivity contribution < 1.29 is 4.42 Å². The van der Waals surface area contributed by atoms with Crippen molar-refractivity contribution in [3.63, 3.8) is 0 Å². The van der Waals surface area contributed by atoms with E-state index in [0.717, 1.165) is 31.1 Å². The zero-order valence-corrected chi connectivity index (χ0v) is 17.6. The summed E-state index contributed by atoms with van der Waals surface area (Å²) in [6.45, 7) is 1.72. The van der Waals surface area contributed by atoms with E-state index in [9.17, 15) is 14.4 Å². The number of aryl methyl sites for hydroxylation is 1. The molecule has 0 aliphatic heterocycles. The summed E-state index contributed by atoms with van der Waals surface area (Å²) < 4.78 is 8.10. The first-order chi connectivity index (χ1) is 15.5. The van der Waals surface area contributed by atoms with Crippen LogP contribution in [0.4, 0.5) is 0 Å². The fraction of sp³-hybridized carbons (Fsp3) is 0.292. The summed E-state index contributed by atoms with van der Waals surface area (Å²) in [5.41, 5.74) is 2.74. The van der Waals surface area contributed by atoms with Gasteiger partial charge in [0.15, 0.2) is 11.0 Å². The Balaban J connectivity index is 1.83. The van der Waals surface area contributed by atoms with Crippen LogP contribution in [0, 0.1) is 6.92 Å². The highest BCUT2D eigenvalue weighted by atomic mass is 16.3. The van der Waals surface area contributed by atoms with E-state index in [-0.39, 0.29) is 22.6 Å². The number of hydrogen-bond donors (Lipinski definition) is 3. The lowest BCUT2D eigenvalue weighted by Crippen LogP contribution is -2.16. The number of nitrogens with one attached hydrogen (secondary N) is 3. The molecule has 4 heterocycles. The minimum absolute atomic E-state index is 0.121. The monoisotopic (exact) mass is 430 g/mol. The van der Waals surface area contributed by atoms with E-state index >= 15 is 0 Å². The van der Waals surface area contributed by atoms with Crippen molar-refractivity contribution in [2.45, 2.75) is 45.1 Å². The largest absolute Gasteiger partial charge is 0.453 e. The van der Waals surface area contributed by atoms with Crippen LogP contribution in [0.3, 0.4) is 0 Å². The molecule has 8 heteroatoms. The molecule has 1 saturated carbocycles. The van der Waals surface area contributed by atoms with Gasteiger partial charge in [-0.3, -0.25) is 24.2 Å². The number of nitrogens with zero attached hydrogens (tertiary/aromatic N) is 1. The lowest BCUT2D eigenvalue weighted by molar-refractivity contribution is 0.335. The van der Waals surface area contributed by atoms with E-state index in [0.29, 0.717) is 44.4 Å². The van der Waals surface area contributed by atoms with Crippen LogP contribution in [0.1, 0.15) is 43.7 Å². The second kappa shape index (κ2) is 6.85. The van der Waals surface area contributed by atoms with Crippen LogP contribution in [0.2, 0.25) is 0 Å². The Kier molecular flexibility index (Phi) is 4.05.